The molecule has 7 nitrogen and oxygen atoms in total. The fourth-order valence-corrected chi connectivity index (χ4v) is 3.32. The van der Waals surface area contributed by atoms with Gasteiger partial charge in [-0.3, -0.25) is 9.36 Å². The molecule has 24 heavy (non-hydrogen) atoms. The molecule has 0 saturated carbocycles. The van der Waals surface area contributed by atoms with Gasteiger partial charge in [-0.05, 0) is 36.4 Å². The number of hydrogen-bond acceptors (Lipinski definition) is 3. The zero-order valence-corrected chi connectivity index (χ0v) is 13.1. The Labute approximate surface area is 136 Å². The van der Waals surface area contributed by atoms with Gasteiger partial charge in [0.2, 0.25) is 0 Å². The second-order valence-corrected chi connectivity index (χ2v) is 7.03. The highest BCUT2D eigenvalue weighted by molar-refractivity contribution is 7.60. The summed E-state index contributed by atoms with van der Waals surface area (Å²) >= 11 is 0. The molecular formula is C16H12N3O4P. The van der Waals surface area contributed by atoms with Crippen molar-refractivity contribution in [3.05, 3.63) is 53.9 Å². The van der Waals surface area contributed by atoms with E-state index in [-0.39, 0.29) is 11.2 Å². The van der Waals surface area contributed by atoms with Crippen LogP contribution in [0.25, 0.3) is 22.6 Å². The van der Waals surface area contributed by atoms with Gasteiger partial charge in [0.05, 0.1) is 10.9 Å². The summed E-state index contributed by atoms with van der Waals surface area (Å²) in [7, 11) is -4.34. The van der Waals surface area contributed by atoms with Gasteiger partial charge in [-0.15, -0.1) is 0 Å². The number of benzene rings is 1. The van der Waals surface area contributed by atoms with Crippen molar-refractivity contribution >= 4 is 47.2 Å². The molecule has 0 fully saturated rings. The monoisotopic (exact) mass is 341 g/mol. The number of carbonyl (C=O) groups is 1. The second kappa shape index (κ2) is 5.14. The first kappa shape index (κ1) is 14.8. The van der Waals surface area contributed by atoms with E-state index in [1.54, 1.807) is 36.7 Å². The first-order chi connectivity index (χ1) is 11.4. The van der Waals surface area contributed by atoms with E-state index in [0.29, 0.717) is 27.9 Å². The average molecular weight is 341 g/mol. The highest BCUT2D eigenvalue weighted by atomic mass is 31.2. The van der Waals surface area contributed by atoms with Crippen LogP contribution in [0.4, 0.5) is 5.82 Å². The van der Waals surface area contributed by atoms with Crippen LogP contribution in [0.15, 0.2) is 42.7 Å². The van der Waals surface area contributed by atoms with Gasteiger partial charge in [-0.1, -0.05) is 0 Å². The Balaban J connectivity index is 1.89. The minimum absolute atomic E-state index is 0.0628. The van der Waals surface area contributed by atoms with E-state index in [1.807, 2.05) is 0 Å². The first-order valence-electron chi connectivity index (χ1n) is 7.09. The predicted octanol–water partition coefficient (Wildman–Crippen LogP) is 1.86. The Morgan fingerprint density at radius 1 is 1.21 bits per heavy atom. The van der Waals surface area contributed by atoms with Crippen molar-refractivity contribution in [2.45, 2.75) is 0 Å². The Kier molecular flexibility index (Phi) is 3.18. The molecule has 1 aliphatic rings. The highest BCUT2D eigenvalue weighted by Crippen LogP contribution is 2.36. The highest BCUT2D eigenvalue weighted by Gasteiger charge is 2.25. The third-order valence-corrected chi connectivity index (χ3v) is 4.86. The van der Waals surface area contributed by atoms with Gasteiger partial charge in [0, 0.05) is 34.4 Å². The maximum absolute atomic E-state index is 12.2. The number of aromatic amines is 1. The molecule has 4 N–H and O–H groups in total. The average Bonchev–Trinajstić information content (AvgIpc) is 3.08. The summed E-state index contributed by atoms with van der Waals surface area (Å²) in [6.45, 7) is 0. The molecule has 0 radical (unpaired) electrons. The number of carbonyl (C=O) groups excluding carboxylic acids is 1. The Hall–Kier alpha value is -2.73. The normalized spacial score (nSPS) is 15.8. The molecule has 1 aliphatic heterocycles. The fourth-order valence-electron chi connectivity index (χ4n) is 2.75. The third kappa shape index (κ3) is 2.35. The summed E-state index contributed by atoms with van der Waals surface area (Å²) in [4.78, 5) is 38.0. The fraction of sp³-hybridized carbons (Fsp3) is 0. The van der Waals surface area contributed by atoms with Crippen molar-refractivity contribution in [3.63, 3.8) is 0 Å². The minimum atomic E-state index is -4.34. The van der Waals surface area contributed by atoms with Crippen LogP contribution in [0.5, 0.6) is 0 Å². The standard InChI is InChI=1S/C16H12N3O4P/c20-16-13(11-2-1-5-17-15(11)19-16)6-9-8-18-14-4-3-10(7-12(9)14)24(21,22)23/h1-8,18H,(H,17,19,20)(H2,21,22,23). The van der Waals surface area contributed by atoms with Gasteiger partial charge in [0.15, 0.2) is 0 Å². The maximum atomic E-state index is 12.2. The Morgan fingerprint density at radius 3 is 2.83 bits per heavy atom. The summed E-state index contributed by atoms with van der Waals surface area (Å²) in [5.74, 6) is 0.244. The van der Waals surface area contributed by atoms with E-state index in [9.17, 15) is 19.1 Å². The van der Waals surface area contributed by atoms with Crippen LogP contribution in [0.1, 0.15) is 11.1 Å². The molecule has 0 aliphatic carbocycles. The summed E-state index contributed by atoms with van der Waals surface area (Å²) in [5, 5.41) is 3.26. The number of rotatable bonds is 2. The van der Waals surface area contributed by atoms with Crippen molar-refractivity contribution in [3.8, 4) is 0 Å². The smallest absolute Gasteiger partial charge is 0.356 e. The van der Waals surface area contributed by atoms with Gasteiger partial charge >= 0.3 is 7.60 Å². The molecule has 0 atom stereocenters. The van der Waals surface area contributed by atoms with Crippen molar-refractivity contribution < 1.29 is 19.1 Å². The number of pyridine rings is 1. The van der Waals surface area contributed by atoms with E-state index in [0.717, 1.165) is 5.52 Å². The zero-order chi connectivity index (χ0) is 16.9. The number of H-pyrrole nitrogens is 1. The number of amides is 1. The molecule has 0 unspecified atom stereocenters. The van der Waals surface area contributed by atoms with Crippen LogP contribution >= 0.6 is 7.60 Å². The lowest BCUT2D eigenvalue weighted by atomic mass is 10.1. The summed E-state index contributed by atoms with van der Waals surface area (Å²) in [6, 6.07) is 7.97. The Bertz CT molecular complexity index is 1060. The van der Waals surface area contributed by atoms with Crippen LogP contribution in [-0.4, -0.2) is 25.7 Å². The number of aromatic nitrogens is 2. The van der Waals surface area contributed by atoms with E-state index >= 15 is 0 Å². The molecule has 4 rings (SSSR count). The molecule has 3 aromatic rings. The van der Waals surface area contributed by atoms with Crippen molar-refractivity contribution in [2.75, 3.05) is 5.32 Å². The molecule has 2 aromatic heterocycles. The van der Waals surface area contributed by atoms with Crippen molar-refractivity contribution in [1.29, 1.82) is 0 Å². The molecule has 120 valence electrons. The van der Waals surface area contributed by atoms with Gasteiger partial charge in [0.1, 0.15) is 5.82 Å². The maximum Gasteiger partial charge on any atom is 0.356 e. The minimum Gasteiger partial charge on any atom is -0.361 e. The SMILES string of the molecule is O=C1Nc2ncccc2C1=Cc1c[nH]c2ccc(P(=O)(O)O)cc12. The van der Waals surface area contributed by atoms with E-state index < -0.39 is 7.60 Å². The largest absolute Gasteiger partial charge is 0.361 e. The van der Waals surface area contributed by atoms with E-state index in [2.05, 4.69) is 15.3 Å². The number of nitrogens with one attached hydrogen (secondary N) is 2. The molecule has 1 amide bonds. The summed E-state index contributed by atoms with van der Waals surface area (Å²) in [5.41, 5.74) is 2.55. The summed E-state index contributed by atoms with van der Waals surface area (Å²) < 4.78 is 11.5. The van der Waals surface area contributed by atoms with Crippen molar-refractivity contribution in [2.24, 2.45) is 0 Å². The molecule has 0 saturated heterocycles. The van der Waals surface area contributed by atoms with E-state index in [4.69, 9.17) is 0 Å². The number of hydrogen-bond donors (Lipinski definition) is 4. The molecular weight excluding hydrogens is 329 g/mol. The first-order valence-corrected chi connectivity index (χ1v) is 8.70. The van der Waals surface area contributed by atoms with Crippen LogP contribution < -0.4 is 10.6 Å². The van der Waals surface area contributed by atoms with Gasteiger partial charge in [0.25, 0.3) is 5.91 Å². The molecule has 1 aromatic carbocycles. The third-order valence-electron chi connectivity index (χ3n) is 3.91. The topological polar surface area (TPSA) is 115 Å². The molecule has 0 spiro atoms. The molecule has 8 heteroatoms. The van der Waals surface area contributed by atoms with Gasteiger partial charge < -0.3 is 20.1 Å². The lowest BCUT2D eigenvalue weighted by Gasteiger charge is -2.04. The van der Waals surface area contributed by atoms with Crippen molar-refractivity contribution in [1.82, 2.24) is 9.97 Å². The lowest BCUT2D eigenvalue weighted by Crippen LogP contribution is -2.04. The second-order valence-electron chi connectivity index (χ2n) is 5.43. The summed E-state index contributed by atoms with van der Waals surface area (Å²) in [6.07, 6.45) is 4.98. The number of anilines is 1. The van der Waals surface area contributed by atoms with Crippen LogP contribution in [0.3, 0.4) is 0 Å². The van der Waals surface area contributed by atoms with Crippen LogP contribution in [-0.2, 0) is 9.36 Å². The van der Waals surface area contributed by atoms with Gasteiger partial charge in [-0.2, -0.15) is 0 Å². The van der Waals surface area contributed by atoms with Gasteiger partial charge in [-0.25, -0.2) is 4.98 Å². The van der Waals surface area contributed by atoms with Crippen LogP contribution in [0, 0.1) is 0 Å². The quantitative estimate of drug-likeness (QED) is 0.419. The predicted molar refractivity (Wildman–Crippen MR) is 90.7 cm³/mol. The Morgan fingerprint density at radius 2 is 2.04 bits per heavy atom. The molecule has 0 bridgehead atoms. The zero-order valence-electron chi connectivity index (χ0n) is 12.2. The number of fused-ring (bicyclic) bond motifs is 2. The number of nitrogens with zero attached hydrogens (tertiary/aromatic N) is 1. The van der Waals surface area contributed by atoms with Crippen LogP contribution in [0.2, 0.25) is 0 Å². The molecule has 3 heterocycles. The lowest BCUT2D eigenvalue weighted by molar-refractivity contribution is -0.110. The van der Waals surface area contributed by atoms with E-state index in [1.165, 1.54) is 12.1 Å².